The van der Waals surface area contributed by atoms with Crippen LogP contribution < -0.4 is 0 Å². The number of hydrogen-bond donors (Lipinski definition) is 0. The lowest BCUT2D eigenvalue weighted by molar-refractivity contribution is -0.112. The van der Waals surface area contributed by atoms with Crippen molar-refractivity contribution in [2.75, 3.05) is 0 Å². The standard InChI is InChI=1S/C11H19NO2Si/c1-10(13)9-11(2)14-15(3,4)8-6-5-7-12/h9H,5-6,8H2,1-4H3/b11-9+. The lowest BCUT2D eigenvalue weighted by atomic mass is 10.4. The third-order valence-electron chi connectivity index (χ3n) is 1.91. The van der Waals surface area contributed by atoms with Gasteiger partial charge in [-0.2, -0.15) is 5.26 Å². The zero-order chi connectivity index (χ0) is 11.9. The van der Waals surface area contributed by atoms with Gasteiger partial charge in [0.2, 0.25) is 8.32 Å². The largest absolute Gasteiger partial charge is 0.547 e. The van der Waals surface area contributed by atoms with Crippen molar-refractivity contribution < 1.29 is 9.22 Å². The molecule has 0 saturated carbocycles. The second-order valence-corrected chi connectivity index (χ2v) is 8.46. The highest BCUT2D eigenvalue weighted by Gasteiger charge is 2.23. The van der Waals surface area contributed by atoms with Crippen molar-refractivity contribution in [3.8, 4) is 6.07 Å². The molecule has 0 heterocycles. The normalized spacial score (nSPS) is 12.1. The van der Waals surface area contributed by atoms with Crippen LogP contribution in [0.1, 0.15) is 26.7 Å². The summed E-state index contributed by atoms with van der Waals surface area (Å²) in [6.45, 7) is 7.52. The average Bonchev–Trinajstić information content (AvgIpc) is 2.00. The first kappa shape index (κ1) is 13.9. The van der Waals surface area contributed by atoms with Crippen molar-refractivity contribution >= 4 is 14.1 Å². The summed E-state index contributed by atoms with van der Waals surface area (Å²) in [5.41, 5.74) is 0. The number of carbonyl (C=O) groups is 1. The van der Waals surface area contributed by atoms with Gasteiger partial charge in [0, 0.05) is 12.5 Å². The molecule has 4 heteroatoms. The van der Waals surface area contributed by atoms with Crippen LogP contribution in [-0.4, -0.2) is 14.1 Å². The molecule has 0 fully saturated rings. The van der Waals surface area contributed by atoms with E-state index in [-0.39, 0.29) is 5.78 Å². The number of nitrogens with zero attached hydrogens (tertiary/aromatic N) is 1. The van der Waals surface area contributed by atoms with Gasteiger partial charge in [0.25, 0.3) is 0 Å². The molecule has 0 saturated heterocycles. The van der Waals surface area contributed by atoms with Crippen LogP contribution in [0.3, 0.4) is 0 Å². The molecule has 0 aromatic rings. The summed E-state index contributed by atoms with van der Waals surface area (Å²) in [6.07, 6.45) is 2.97. The van der Waals surface area contributed by atoms with Gasteiger partial charge in [0.15, 0.2) is 5.78 Å². The van der Waals surface area contributed by atoms with Gasteiger partial charge in [-0.1, -0.05) is 0 Å². The second-order valence-electron chi connectivity index (χ2n) is 4.24. The second kappa shape index (κ2) is 6.41. The predicted octanol–water partition coefficient (Wildman–Crippen LogP) is 3.00. The van der Waals surface area contributed by atoms with Crippen LogP contribution in [0.5, 0.6) is 0 Å². The highest BCUT2D eigenvalue weighted by molar-refractivity contribution is 6.71. The Balaban J connectivity index is 4.13. The molecular formula is C11H19NO2Si. The first-order valence-electron chi connectivity index (χ1n) is 5.12. The van der Waals surface area contributed by atoms with E-state index in [1.54, 1.807) is 6.92 Å². The highest BCUT2D eigenvalue weighted by atomic mass is 28.4. The fourth-order valence-electron chi connectivity index (χ4n) is 1.40. The van der Waals surface area contributed by atoms with Crippen molar-refractivity contribution in [2.45, 2.75) is 45.8 Å². The Labute approximate surface area is 92.9 Å². The molecule has 0 aromatic carbocycles. The number of unbranched alkanes of at least 4 members (excludes halogenated alkanes) is 1. The minimum Gasteiger partial charge on any atom is -0.547 e. The maximum Gasteiger partial charge on any atom is 0.244 e. The molecule has 0 aromatic heterocycles. The smallest absolute Gasteiger partial charge is 0.244 e. The lowest BCUT2D eigenvalue weighted by Crippen LogP contribution is -2.29. The van der Waals surface area contributed by atoms with Gasteiger partial charge >= 0.3 is 0 Å². The zero-order valence-corrected chi connectivity index (χ0v) is 11.0. The fraction of sp³-hybridized carbons (Fsp3) is 0.636. The van der Waals surface area contributed by atoms with Crippen LogP contribution >= 0.6 is 0 Å². The molecular weight excluding hydrogens is 206 g/mol. The maximum absolute atomic E-state index is 10.8. The first-order valence-corrected chi connectivity index (χ1v) is 8.24. The summed E-state index contributed by atoms with van der Waals surface area (Å²) in [5.74, 6) is 0.699. The fourth-order valence-corrected chi connectivity index (χ4v) is 3.46. The van der Waals surface area contributed by atoms with Gasteiger partial charge in [-0.05, 0) is 39.4 Å². The van der Waals surface area contributed by atoms with Crippen molar-refractivity contribution in [3.05, 3.63) is 11.8 Å². The Kier molecular flexibility index (Phi) is 5.95. The van der Waals surface area contributed by atoms with E-state index in [0.717, 1.165) is 12.5 Å². The third kappa shape index (κ3) is 7.95. The molecule has 0 aliphatic rings. The number of carbonyl (C=O) groups excluding carboxylic acids is 1. The molecule has 15 heavy (non-hydrogen) atoms. The summed E-state index contributed by atoms with van der Waals surface area (Å²) in [5, 5.41) is 8.43. The van der Waals surface area contributed by atoms with Gasteiger partial charge in [-0.15, -0.1) is 0 Å². The third-order valence-corrected chi connectivity index (χ3v) is 4.34. The Morgan fingerprint density at radius 1 is 1.47 bits per heavy atom. The topological polar surface area (TPSA) is 50.1 Å². The molecule has 0 bridgehead atoms. The monoisotopic (exact) mass is 225 g/mol. The molecule has 0 spiro atoms. The molecule has 3 nitrogen and oxygen atoms in total. The number of nitriles is 1. The van der Waals surface area contributed by atoms with Crippen LogP contribution in [0.2, 0.25) is 19.1 Å². The van der Waals surface area contributed by atoms with Crippen LogP contribution in [-0.2, 0) is 9.22 Å². The minimum atomic E-state index is -1.74. The Morgan fingerprint density at radius 2 is 2.07 bits per heavy atom. The van der Waals surface area contributed by atoms with Gasteiger partial charge in [0.05, 0.1) is 11.8 Å². The molecule has 0 rings (SSSR count). The van der Waals surface area contributed by atoms with Crippen molar-refractivity contribution in [2.24, 2.45) is 0 Å². The van der Waals surface area contributed by atoms with Crippen molar-refractivity contribution in [3.63, 3.8) is 0 Å². The van der Waals surface area contributed by atoms with E-state index in [4.69, 9.17) is 9.69 Å². The van der Waals surface area contributed by atoms with E-state index in [1.165, 1.54) is 13.0 Å². The summed E-state index contributed by atoms with van der Waals surface area (Å²) < 4.78 is 5.76. The van der Waals surface area contributed by atoms with Crippen LogP contribution in [0.25, 0.3) is 0 Å². The van der Waals surface area contributed by atoms with Gasteiger partial charge in [0.1, 0.15) is 0 Å². The summed E-state index contributed by atoms with van der Waals surface area (Å²) >= 11 is 0. The Morgan fingerprint density at radius 3 is 2.53 bits per heavy atom. The summed E-state index contributed by atoms with van der Waals surface area (Å²) in [4.78, 5) is 10.8. The lowest BCUT2D eigenvalue weighted by Gasteiger charge is -2.24. The van der Waals surface area contributed by atoms with E-state index < -0.39 is 8.32 Å². The molecule has 0 N–H and O–H groups in total. The molecule has 0 radical (unpaired) electrons. The van der Waals surface area contributed by atoms with E-state index in [0.29, 0.717) is 12.2 Å². The van der Waals surface area contributed by atoms with E-state index in [2.05, 4.69) is 19.2 Å². The maximum atomic E-state index is 10.8. The van der Waals surface area contributed by atoms with E-state index in [1.807, 2.05) is 0 Å². The number of ketones is 1. The SMILES string of the molecule is CC(=O)/C=C(\C)O[Si](C)(C)CCCC#N. The van der Waals surface area contributed by atoms with Crippen molar-refractivity contribution in [1.82, 2.24) is 0 Å². The molecule has 0 aliphatic heterocycles. The molecule has 0 atom stereocenters. The quantitative estimate of drug-likeness (QED) is 0.302. The zero-order valence-electron chi connectivity index (χ0n) is 9.96. The van der Waals surface area contributed by atoms with E-state index >= 15 is 0 Å². The summed E-state index contributed by atoms with van der Waals surface area (Å²) in [6, 6.07) is 3.07. The first-order chi connectivity index (χ1) is 6.87. The molecule has 84 valence electrons. The highest BCUT2D eigenvalue weighted by Crippen LogP contribution is 2.18. The van der Waals surface area contributed by atoms with Crippen LogP contribution in [0.4, 0.5) is 0 Å². The molecule has 0 unspecified atom stereocenters. The van der Waals surface area contributed by atoms with Gasteiger partial charge in [-0.3, -0.25) is 4.79 Å². The number of allylic oxidation sites excluding steroid dienone is 2. The number of rotatable bonds is 6. The molecule has 0 aliphatic carbocycles. The molecule has 0 amide bonds. The number of hydrogen-bond acceptors (Lipinski definition) is 3. The van der Waals surface area contributed by atoms with Crippen LogP contribution in [0.15, 0.2) is 11.8 Å². The van der Waals surface area contributed by atoms with Crippen molar-refractivity contribution in [1.29, 1.82) is 5.26 Å². The Hall–Kier alpha value is -1.08. The minimum absolute atomic E-state index is 0.00863. The predicted molar refractivity (Wildman–Crippen MR) is 62.7 cm³/mol. The Bertz CT molecular complexity index is 289. The van der Waals surface area contributed by atoms with Gasteiger partial charge in [-0.25, -0.2) is 0 Å². The van der Waals surface area contributed by atoms with Gasteiger partial charge < -0.3 is 4.43 Å². The van der Waals surface area contributed by atoms with Crippen LogP contribution in [0, 0.1) is 11.3 Å². The average molecular weight is 225 g/mol. The van der Waals surface area contributed by atoms with E-state index in [9.17, 15) is 4.79 Å². The summed E-state index contributed by atoms with van der Waals surface area (Å²) in [7, 11) is -1.74.